The number of nitrogens with zero attached hydrogens (tertiary/aromatic N) is 5. The monoisotopic (exact) mass is 341 g/mol. The number of aryl methyl sites for hydroxylation is 1. The van der Waals surface area contributed by atoms with Crippen molar-refractivity contribution in [1.29, 1.82) is 0 Å². The van der Waals surface area contributed by atoms with E-state index in [1.54, 1.807) is 12.4 Å². The van der Waals surface area contributed by atoms with Gasteiger partial charge in [0.1, 0.15) is 23.3 Å². The molecular weight excluding hydrogens is 322 g/mol. The van der Waals surface area contributed by atoms with Crippen LogP contribution in [0, 0.1) is 0 Å². The molecule has 4 aromatic heterocycles. The fraction of sp³-hybridized carbons (Fsp3) is 0.0952. The minimum Gasteiger partial charge on any atom is -0.257 e. The lowest BCUT2D eigenvalue weighted by Crippen LogP contribution is -2.31. The maximum Gasteiger partial charge on any atom is 0.276 e. The SMILES string of the molecule is [2H]C([2H])([2H])[n+]1c2n(c3c4ncccc4n(-c4ccccc4)c31)Cc1ncccc1-2. The van der Waals surface area contributed by atoms with Gasteiger partial charge in [-0.1, -0.05) is 18.2 Å². The molecule has 1 aliphatic rings. The van der Waals surface area contributed by atoms with Crippen LogP contribution in [0.25, 0.3) is 39.3 Å². The lowest BCUT2D eigenvalue weighted by atomic mass is 10.2. The van der Waals surface area contributed by atoms with E-state index < -0.39 is 6.98 Å². The van der Waals surface area contributed by atoms with Crippen molar-refractivity contribution in [2.24, 2.45) is 6.98 Å². The van der Waals surface area contributed by atoms with E-state index in [4.69, 9.17) is 4.11 Å². The highest BCUT2D eigenvalue weighted by Gasteiger charge is 2.36. The zero-order valence-corrected chi connectivity index (χ0v) is 13.8. The quantitative estimate of drug-likeness (QED) is 0.431. The third kappa shape index (κ3) is 1.57. The van der Waals surface area contributed by atoms with Crippen LogP contribution in [-0.2, 0) is 13.5 Å². The summed E-state index contributed by atoms with van der Waals surface area (Å²) in [4.78, 5) is 9.11. The lowest BCUT2D eigenvalue weighted by molar-refractivity contribution is -0.636. The molecule has 1 aliphatic heterocycles. The van der Waals surface area contributed by atoms with Gasteiger partial charge in [0.15, 0.2) is 0 Å². The number of hydrogen-bond donors (Lipinski definition) is 0. The maximum atomic E-state index is 8.34. The molecule has 1 aromatic carbocycles. The number of imidazole rings is 1. The Bertz CT molecular complexity index is 1410. The van der Waals surface area contributed by atoms with Crippen LogP contribution in [0.2, 0.25) is 0 Å². The van der Waals surface area contributed by atoms with Crippen molar-refractivity contribution in [1.82, 2.24) is 19.1 Å². The summed E-state index contributed by atoms with van der Waals surface area (Å²) in [7, 11) is 0. The van der Waals surface area contributed by atoms with E-state index in [0.29, 0.717) is 18.0 Å². The first kappa shape index (κ1) is 11.2. The number of aromatic nitrogens is 5. The van der Waals surface area contributed by atoms with Crippen LogP contribution < -0.4 is 4.57 Å². The van der Waals surface area contributed by atoms with Gasteiger partial charge in [-0.2, -0.15) is 0 Å². The number of fused-ring (bicyclic) bond motifs is 7. The summed E-state index contributed by atoms with van der Waals surface area (Å²) < 4.78 is 30.5. The Balaban J connectivity index is 1.88. The first-order valence-corrected chi connectivity index (χ1v) is 8.49. The third-order valence-electron chi connectivity index (χ3n) is 5.08. The van der Waals surface area contributed by atoms with E-state index in [1.165, 1.54) is 4.57 Å². The lowest BCUT2D eigenvalue weighted by Gasteiger charge is -2.03. The molecule has 0 unspecified atom stereocenters. The van der Waals surface area contributed by atoms with Crippen LogP contribution in [-0.4, -0.2) is 19.1 Å². The molecule has 0 N–H and O–H groups in total. The number of rotatable bonds is 1. The second-order valence-electron chi connectivity index (χ2n) is 6.46. The largest absolute Gasteiger partial charge is 0.276 e. The summed E-state index contributed by atoms with van der Waals surface area (Å²) in [5, 5.41) is 0. The van der Waals surface area contributed by atoms with Crippen LogP contribution in [0.1, 0.15) is 9.81 Å². The van der Waals surface area contributed by atoms with Crippen molar-refractivity contribution in [3.63, 3.8) is 0 Å². The van der Waals surface area contributed by atoms with E-state index in [0.717, 1.165) is 33.5 Å². The Hall–Kier alpha value is -3.47. The van der Waals surface area contributed by atoms with Crippen molar-refractivity contribution in [3.8, 4) is 17.1 Å². The molecule has 0 spiro atoms. The van der Waals surface area contributed by atoms with E-state index >= 15 is 0 Å². The van der Waals surface area contributed by atoms with Crippen molar-refractivity contribution in [2.75, 3.05) is 0 Å². The molecule has 5 heterocycles. The Morgan fingerprint density at radius 2 is 1.85 bits per heavy atom. The number of hydrogen-bond acceptors (Lipinski definition) is 2. The molecular formula is C21H16N5+. The van der Waals surface area contributed by atoms with Gasteiger partial charge in [-0.15, -0.1) is 0 Å². The Morgan fingerprint density at radius 1 is 1.00 bits per heavy atom. The Morgan fingerprint density at radius 3 is 2.73 bits per heavy atom. The molecule has 0 atom stereocenters. The van der Waals surface area contributed by atoms with Crippen LogP contribution in [0.15, 0.2) is 67.0 Å². The Kier molecular flexibility index (Phi) is 2.06. The standard InChI is InChI=1S/C21H16N5/c1-24-20-15-9-5-11-22-16(15)13-25(20)19-18-17(10-6-12-23-18)26(21(19)24)14-7-3-2-4-8-14/h2-12H,13H2,1H3/q+1/i1D3. The van der Waals surface area contributed by atoms with Crippen LogP contribution in [0.3, 0.4) is 0 Å². The number of para-hydroxylation sites is 1. The van der Waals surface area contributed by atoms with Crippen LogP contribution in [0.4, 0.5) is 0 Å². The molecule has 5 heteroatoms. The highest BCUT2D eigenvalue weighted by molar-refractivity contribution is 6.03. The Labute approximate surface area is 154 Å². The van der Waals surface area contributed by atoms with Crippen molar-refractivity contribution >= 4 is 22.2 Å². The smallest absolute Gasteiger partial charge is 0.257 e. The summed E-state index contributed by atoms with van der Waals surface area (Å²) in [6.07, 6.45) is 3.49. The van der Waals surface area contributed by atoms with Gasteiger partial charge in [0.05, 0.1) is 22.3 Å². The molecule has 0 fully saturated rings. The average Bonchev–Trinajstić information content (AvgIpc) is 3.34. The van der Waals surface area contributed by atoms with Crippen molar-refractivity contribution in [3.05, 3.63) is 72.7 Å². The van der Waals surface area contributed by atoms with Gasteiger partial charge in [-0.05, 0) is 36.4 Å². The number of pyridine rings is 2. The predicted octanol–water partition coefficient (Wildman–Crippen LogP) is 3.23. The predicted molar refractivity (Wildman–Crippen MR) is 100 cm³/mol. The zero-order valence-electron chi connectivity index (χ0n) is 16.8. The van der Waals surface area contributed by atoms with Gasteiger partial charge < -0.3 is 0 Å². The minimum atomic E-state index is -2.36. The minimum absolute atomic E-state index is 0.523. The fourth-order valence-electron chi connectivity index (χ4n) is 4.04. The van der Waals surface area contributed by atoms with Gasteiger partial charge in [0.2, 0.25) is 11.3 Å². The molecule has 5 nitrogen and oxygen atoms in total. The van der Waals surface area contributed by atoms with E-state index in [-0.39, 0.29) is 0 Å². The molecule has 0 aliphatic carbocycles. The van der Waals surface area contributed by atoms with Gasteiger partial charge >= 0.3 is 0 Å². The molecule has 0 radical (unpaired) electrons. The van der Waals surface area contributed by atoms with E-state index in [2.05, 4.69) is 9.97 Å². The molecule has 0 amide bonds. The average molecular weight is 341 g/mol. The summed E-state index contributed by atoms with van der Waals surface area (Å²) in [6, 6.07) is 17.4. The maximum absolute atomic E-state index is 8.34. The normalized spacial score (nSPS) is 14.8. The van der Waals surface area contributed by atoms with Crippen molar-refractivity contribution in [2.45, 2.75) is 6.54 Å². The fourth-order valence-corrected chi connectivity index (χ4v) is 4.04. The van der Waals surface area contributed by atoms with E-state index in [9.17, 15) is 0 Å². The number of benzene rings is 1. The van der Waals surface area contributed by atoms with Gasteiger partial charge in [-0.25, -0.2) is 18.7 Å². The topological polar surface area (TPSA) is 39.5 Å². The highest BCUT2D eigenvalue weighted by Crippen LogP contribution is 2.37. The first-order valence-electron chi connectivity index (χ1n) is 9.99. The molecule has 6 rings (SSSR count). The van der Waals surface area contributed by atoms with Crippen molar-refractivity contribution < 1.29 is 8.68 Å². The zero-order chi connectivity index (χ0) is 19.8. The molecule has 5 aromatic rings. The molecule has 0 saturated carbocycles. The summed E-state index contributed by atoms with van der Waals surface area (Å²) >= 11 is 0. The summed E-state index contributed by atoms with van der Waals surface area (Å²) in [5.74, 6) is 0.648. The molecule has 26 heavy (non-hydrogen) atoms. The molecule has 0 saturated heterocycles. The second-order valence-corrected chi connectivity index (χ2v) is 6.46. The molecule has 0 bridgehead atoms. The van der Waals surface area contributed by atoms with Crippen LogP contribution in [0.5, 0.6) is 0 Å². The van der Waals surface area contributed by atoms with Crippen LogP contribution >= 0.6 is 0 Å². The van der Waals surface area contributed by atoms with E-state index in [1.807, 2.05) is 63.7 Å². The third-order valence-corrected chi connectivity index (χ3v) is 5.08. The molecule has 124 valence electrons. The second kappa shape index (κ2) is 4.79. The highest BCUT2D eigenvalue weighted by atomic mass is 15.3. The summed E-state index contributed by atoms with van der Waals surface area (Å²) in [6.45, 7) is -1.84. The first-order chi connectivity index (χ1) is 14.1. The van der Waals surface area contributed by atoms with Gasteiger partial charge in [-0.3, -0.25) is 4.98 Å². The van der Waals surface area contributed by atoms with Gasteiger partial charge in [0.25, 0.3) is 5.65 Å². The summed E-state index contributed by atoms with van der Waals surface area (Å²) in [5.41, 5.74) is 5.71. The van der Waals surface area contributed by atoms with Gasteiger partial charge in [0, 0.05) is 12.4 Å².